The lowest BCUT2D eigenvalue weighted by Crippen LogP contribution is -2.45. The van der Waals surface area contributed by atoms with Gasteiger partial charge in [0, 0.05) is 10.3 Å². The van der Waals surface area contributed by atoms with Crippen LogP contribution in [0.5, 0.6) is 0 Å². The van der Waals surface area contributed by atoms with E-state index < -0.39 is 0 Å². The third-order valence-corrected chi connectivity index (χ3v) is 7.06. The van der Waals surface area contributed by atoms with Crippen molar-refractivity contribution in [3.05, 3.63) is 74.3 Å². The topological polar surface area (TPSA) is 49.4 Å². The van der Waals surface area contributed by atoms with Crippen molar-refractivity contribution in [2.45, 2.75) is 25.7 Å². The number of carbonyl (C=O) groups excluding carboxylic acids is 2. The molecule has 2 amide bonds. The Hall–Kier alpha value is -2.22. The number of amides is 2. The van der Waals surface area contributed by atoms with Gasteiger partial charge in [-0.1, -0.05) is 54.2 Å². The Morgan fingerprint density at radius 1 is 1.18 bits per heavy atom. The predicted molar refractivity (Wildman–Crippen MR) is 119 cm³/mol. The van der Waals surface area contributed by atoms with E-state index in [1.54, 1.807) is 17.4 Å². The van der Waals surface area contributed by atoms with Gasteiger partial charge in [0.05, 0.1) is 10.5 Å². The van der Waals surface area contributed by atoms with E-state index in [-0.39, 0.29) is 11.8 Å². The Morgan fingerprint density at radius 3 is 2.79 bits per heavy atom. The van der Waals surface area contributed by atoms with Gasteiger partial charge < -0.3 is 0 Å². The SMILES string of the molecule is O=C(NN1C(=O)/C(=C\C=C\c2ccccc2)SC1=S)c1csc2c1CCCC2. The predicted octanol–water partition coefficient (Wildman–Crippen LogP) is 4.73. The van der Waals surface area contributed by atoms with Crippen LogP contribution < -0.4 is 5.43 Å². The molecule has 2 aliphatic rings. The highest BCUT2D eigenvalue weighted by atomic mass is 32.2. The van der Waals surface area contributed by atoms with E-state index in [0.29, 0.717) is 14.8 Å². The van der Waals surface area contributed by atoms with Gasteiger partial charge in [-0.25, -0.2) is 0 Å². The van der Waals surface area contributed by atoms with Gasteiger partial charge in [-0.3, -0.25) is 15.0 Å². The van der Waals surface area contributed by atoms with Crippen LogP contribution in [0.4, 0.5) is 0 Å². The molecule has 2 heterocycles. The molecule has 28 heavy (non-hydrogen) atoms. The molecule has 1 saturated heterocycles. The number of thiophene rings is 1. The van der Waals surface area contributed by atoms with Gasteiger partial charge in [-0.2, -0.15) is 5.01 Å². The van der Waals surface area contributed by atoms with E-state index in [4.69, 9.17) is 12.2 Å². The first-order chi connectivity index (χ1) is 13.6. The van der Waals surface area contributed by atoms with Crippen LogP contribution >= 0.6 is 35.3 Å². The minimum absolute atomic E-state index is 0.267. The third-order valence-electron chi connectivity index (χ3n) is 4.65. The highest BCUT2D eigenvalue weighted by molar-refractivity contribution is 8.26. The summed E-state index contributed by atoms with van der Waals surface area (Å²) >= 11 is 8.12. The molecule has 2 aromatic rings. The summed E-state index contributed by atoms with van der Waals surface area (Å²) in [4.78, 5) is 27.2. The zero-order valence-corrected chi connectivity index (χ0v) is 17.5. The van der Waals surface area contributed by atoms with Crippen LogP contribution in [0.1, 0.15) is 39.2 Å². The number of allylic oxidation sites excluding steroid dienone is 2. The average Bonchev–Trinajstić information content (AvgIpc) is 3.25. The number of fused-ring (bicyclic) bond motifs is 1. The van der Waals surface area contributed by atoms with Crippen molar-refractivity contribution in [3.8, 4) is 0 Å². The molecular weight excluding hydrogens is 408 g/mol. The van der Waals surface area contributed by atoms with Crippen molar-refractivity contribution in [2.75, 3.05) is 0 Å². The monoisotopic (exact) mass is 426 g/mol. The average molecular weight is 427 g/mol. The van der Waals surface area contributed by atoms with Crippen LogP contribution in [0.3, 0.4) is 0 Å². The summed E-state index contributed by atoms with van der Waals surface area (Å²) in [7, 11) is 0. The van der Waals surface area contributed by atoms with Gasteiger partial charge in [0.15, 0.2) is 4.32 Å². The van der Waals surface area contributed by atoms with E-state index >= 15 is 0 Å². The lowest BCUT2D eigenvalue weighted by Gasteiger charge is -2.17. The molecule has 0 spiro atoms. The molecule has 1 fully saturated rings. The first-order valence-corrected chi connectivity index (χ1v) is 11.1. The molecule has 4 nitrogen and oxygen atoms in total. The van der Waals surface area contributed by atoms with Crippen LogP contribution in [-0.4, -0.2) is 21.1 Å². The van der Waals surface area contributed by atoms with Gasteiger partial charge in [-0.15, -0.1) is 11.3 Å². The molecule has 1 aromatic carbocycles. The number of hydrogen-bond acceptors (Lipinski definition) is 5. The number of carbonyl (C=O) groups is 2. The molecule has 0 unspecified atom stereocenters. The number of benzene rings is 1. The van der Waals surface area contributed by atoms with Gasteiger partial charge in [-0.05, 0) is 55.1 Å². The number of thiocarbonyl (C=S) groups is 1. The van der Waals surface area contributed by atoms with E-state index in [1.807, 2.05) is 47.9 Å². The normalized spacial score (nSPS) is 18.1. The quantitative estimate of drug-likeness (QED) is 0.567. The van der Waals surface area contributed by atoms with E-state index in [9.17, 15) is 9.59 Å². The number of thioether (sulfide) groups is 1. The molecule has 7 heteroatoms. The zero-order chi connectivity index (χ0) is 19.5. The molecule has 1 N–H and O–H groups in total. The first-order valence-electron chi connectivity index (χ1n) is 9.03. The van der Waals surface area contributed by atoms with E-state index in [0.717, 1.165) is 30.4 Å². The highest BCUT2D eigenvalue weighted by Gasteiger charge is 2.34. The Bertz CT molecular complexity index is 992. The maximum atomic E-state index is 12.7. The zero-order valence-electron chi connectivity index (χ0n) is 15.0. The highest BCUT2D eigenvalue weighted by Crippen LogP contribution is 2.32. The summed E-state index contributed by atoms with van der Waals surface area (Å²) in [5, 5.41) is 3.07. The molecule has 1 aliphatic heterocycles. The minimum Gasteiger partial charge on any atom is -0.267 e. The van der Waals surface area contributed by atoms with E-state index in [1.165, 1.54) is 28.1 Å². The standard InChI is InChI=1S/C21H18N2O2S3/c24-19(16-13-27-17-11-5-4-10-15(16)17)22-23-20(25)18(28-21(23)26)12-6-9-14-7-2-1-3-8-14/h1-3,6-9,12-13H,4-5,10-11H2,(H,22,24)/b9-6+,18-12+. The number of nitrogens with zero attached hydrogens (tertiary/aromatic N) is 1. The Kier molecular flexibility index (Phi) is 5.75. The van der Waals surface area contributed by atoms with Crippen LogP contribution in [0.25, 0.3) is 6.08 Å². The molecule has 142 valence electrons. The fraction of sp³-hybridized carbons (Fsp3) is 0.190. The molecule has 0 atom stereocenters. The van der Waals surface area contributed by atoms with Gasteiger partial charge in [0.2, 0.25) is 0 Å². The molecule has 1 aromatic heterocycles. The summed E-state index contributed by atoms with van der Waals surface area (Å²) < 4.78 is 0.335. The Balaban J connectivity index is 1.45. The molecule has 4 rings (SSSR count). The van der Waals surface area contributed by atoms with Gasteiger partial charge >= 0.3 is 0 Å². The van der Waals surface area contributed by atoms with Crippen molar-refractivity contribution in [2.24, 2.45) is 0 Å². The number of hydrogen-bond donors (Lipinski definition) is 1. The summed E-state index contributed by atoms with van der Waals surface area (Å²) in [6.07, 6.45) is 9.69. The van der Waals surface area contributed by atoms with Crippen molar-refractivity contribution in [3.63, 3.8) is 0 Å². The lowest BCUT2D eigenvalue weighted by atomic mass is 9.96. The largest absolute Gasteiger partial charge is 0.285 e. The lowest BCUT2D eigenvalue weighted by molar-refractivity contribution is -0.123. The minimum atomic E-state index is -0.301. The summed E-state index contributed by atoms with van der Waals surface area (Å²) in [5.41, 5.74) is 5.53. The number of hydrazine groups is 1. The molecule has 0 radical (unpaired) electrons. The Morgan fingerprint density at radius 2 is 1.96 bits per heavy atom. The summed E-state index contributed by atoms with van der Waals surface area (Å²) in [6, 6.07) is 9.83. The number of rotatable bonds is 4. The Labute approximate surface area is 177 Å². The van der Waals surface area contributed by atoms with Crippen LogP contribution in [0.15, 0.2) is 52.8 Å². The van der Waals surface area contributed by atoms with Crippen LogP contribution in [0, 0.1) is 0 Å². The molecule has 0 saturated carbocycles. The van der Waals surface area contributed by atoms with Crippen molar-refractivity contribution in [1.82, 2.24) is 10.4 Å². The molecule has 0 bridgehead atoms. The molecule has 1 aliphatic carbocycles. The van der Waals surface area contributed by atoms with Crippen molar-refractivity contribution < 1.29 is 9.59 Å². The van der Waals surface area contributed by atoms with Crippen molar-refractivity contribution in [1.29, 1.82) is 0 Å². The number of nitrogens with one attached hydrogen (secondary N) is 1. The summed E-state index contributed by atoms with van der Waals surface area (Å²) in [5.74, 6) is -0.568. The van der Waals surface area contributed by atoms with E-state index in [2.05, 4.69) is 5.43 Å². The van der Waals surface area contributed by atoms with Crippen LogP contribution in [-0.2, 0) is 17.6 Å². The molecular formula is C21H18N2O2S3. The first kappa shape index (κ1) is 19.1. The smallest absolute Gasteiger partial charge is 0.267 e. The van der Waals surface area contributed by atoms with Crippen LogP contribution in [0.2, 0.25) is 0 Å². The fourth-order valence-corrected chi connectivity index (χ4v) is 5.49. The maximum absolute atomic E-state index is 12.7. The van der Waals surface area contributed by atoms with Gasteiger partial charge in [0.1, 0.15) is 0 Å². The maximum Gasteiger partial charge on any atom is 0.285 e. The van der Waals surface area contributed by atoms with Crippen molar-refractivity contribution >= 4 is 57.5 Å². The summed E-state index contributed by atoms with van der Waals surface area (Å²) in [6.45, 7) is 0. The fourth-order valence-electron chi connectivity index (χ4n) is 3.24. The second-order valence-corrected chi connectivity index (χ2v) is 9.15. The second kappa shape index (κ2) is 8.43. The number of aryl methyl sites for hydroxylation is 1. The third kappa shape index (κ3) is 3.97. The van der Waals surface area contributed by atoms with Gasteiger partial charge in [0.25, 0.3) is 11.8 Å². The second-order valence-electron chi connectivity index (χ2n) is 6.51.